The number of aromatic nitrogens is 2. The molecule has 4 rings (SSSR count). The monoisotopic (exact) mass is 391 g/mol. The lowest BCUT2D eigenvalue weighted by molar-refractivity contribution is 0.101. The molecule has 0 aliphatic rings. The molecule has 0 spiro atoms. The highest BCUT2D eigenvalue weighted by Crippen LogP contribution is 2.28. The van der Waals surface area contributed by atoms with Crippen molar-refractivity contribution in [3.63, 3.8) is 0 Å². The van der Waals surface area contributed by atoms with Crippen LogP contribution in [0.1, 0.15) is 27.6 Å². The SMILES string of the molecule is CC(=O)c1cccc(-c2ccc3c(NC(=O)c4ccc(F)cc4F)n[nH]c3c2)c1. The van der Waals surface area contributed by atoms with Crippen molar-refractivity contribution in [1.29, 1.82) is 0 Å². The van der Waals surface area contributed by atoms with Gasteiger partial charge in [0, 0.05) is 17.0 Å². The highest BCUT2D eigenvalue weighted by atomic mass is 19.1. The van der Waals surface area contributed by atoms with E-state index in [4.69, 9.17) is 0 Å². The molecule has 0 bridgehead atoms. The standard InChI is InChI=1S/C22H15F2N3O2/c1-12(28)13-3-2-4-14(9-13)15-5-7-18-20(10-15)26-27-21(18)25-22(29)17-8-6-16(23)11-19(17)24/h2-11H,1H3,(H2,25,26,27,29). The van der Waals surface area contributed by atoms with E-state index < -0.39 is 17.5 Å². The Morgan fingerprint density at radius 3 is 2.52 bits per heavy atom. The quantitative estimate of drug-likeness (QED) is 0.483. The molecule has 5 nitrogen and oxygen atoms in total. The number of H-pyrrole nitrogens is 1. The minimum absolute atomic E-state index is 0.0208. The van der Waals surface area contributed by atoms with Crippen molar-refractivity contribution in [2.45, 2.75) is 6.92 Å². The maximum atomic E-state index is 13.8. The number of rotatable bonds is 4. The van der Waals surface area contributed by atoms with E-state index in [2.05, 4.69) is 15.5 Å². The van der Waals surface area contributed by atoms with Crippen molar-refractivity contribution >= 4 is 28.4 Å². The molecule has 0 aliphatic carbocycles. The Labute approximate surface area is 164 Å². The summed E-state index contributed by atoms with van der Waals surface area (Å²) in [5, 5.41) is 10.1. The molecule has 3 aromatic carbocycles. The van der Waals surface area contributed by atoms with Crippen molar-refractivity contribution in [3.8, 4) is 11.1 Å². The van der Waals surface area contributed by atoms with Crippen molar-refractivity contribution in [1.82, 2.24) is 10.2 Å². The number of nitrogens with zero attached hydrogens (tertiary/aromatic N) is 1. The number of fused-ring (bicyclic) bond motifs is 1. The van der Waals surface area contributed by atoms with Crippen molar-refractivity contribution in [2.24, 2.45) is 0 Å². The van der Waals surface area contributed by atoms with Crippen LogP contribution < -0.4 is 5.32 Å². The summed E-state index contributed by atoms with van der Waals surface area (Å²) in [4.78, 5) is 23.9. The van der Waals surface area contributed by atoms with Crippen molar-refractivity contribution in [2.75, 3.05) is 5.32 Å². The number of hydrogen-bond donors (Lipinski definition) is 2. The number of halogens is 2. The summed E-state index contributed by atoms with van der Waals surface area (Å²) in [6.07, 6.45) is 0. The summed E-state index contributed by atoms with van der Waals surface area (Å²) >= 11 is 0. The number of amides is 1. The smallest absolute Gasteiger partial charge is 0.259 e. The van der Waals surface area contributed by atoms with Gasteiger partial charge >= 0.3 is 0 Å². The molecule has 0 unspecified atom stereocenters. The summed E-state index contributed by atoms with van der Waals surface area (Å²) < 4.78 is 26.9. The van der Waals surface area contributed by atoms with Crippen LogP contribution in [-0.2, 0) is 0 Å². The molecular formula is C22H15F2N3O2. The van der Waals surface area contributed by atoms with E-state index in [-0.39, 0.29) is 17.2 Å². The lowest BCUT2D eigenvalue weighted by atomic mass is 10.0. The average Bonchev–Trinajstić information content (AvgIpc) is 3.10. The lowest BCUT2D eigenvalue weighted by Crippen LogP contribution is -2.14. The second-order valence-corrected chi connectivity index (χ2v) is 6.55. The molecule has 1 amide bonds. The Morgan fingerprint density at radius 1 is 0.966 bits per heavy atom. The topological polar surface area (TPSA) is 74.8 Å². The molecule has 2 N–H and O–H groups in total. The molecule has 0 saturated carbocycles. The zero-order valence-corrected chi connectivity index (χ0v) is 15.3. The highest BCUT2D eigenvalue weighted by molar-refractivity contribution is 6.08. The van der Waals surface area contributed by atoms with E-state index in [9.17, 15) is 18.4 Å². The molecule has 144 valence electrons. The van der Waals surface area contributed by atoms with Gasteiger partial charge in [-0.2, -0.15) is 5.10 Å². The third kappa shape index (κ3) is 3.62. The third-order valence-electron chi connectivity index (χ3n) is 4.57. The van der Waals surface area contributed by atoms with Crippen LogP contribution in [0.25, 0.3) is 22.0 Å². The van der Waals surface area contributed by atoms with Crippen LogP contribution in [0.15, 0.2) is 60.7 Å². The van der Waals surface area contributed by atoms with Crippen LogP contribution in [0.2, 0.25) is 0 Å². The molecule has 1 aromatic heterocycles. The van der Waals surface area contributed by atoms with Crippen LogP contribution in [0.5, 0.6) is 0 Å². The number of carbonyl (C=O) groups excluding carboxylic acids is 2. The van der Waals surface area contributed by atoms with E-state index in [1.54, 1.807) is 18.2 Å². The van der Waals surface area contributed by atoms with Crippen LogP contribution in [-0.4, -0.2) is 21.9 Å². The fraction of sp³-hybridized carbons (Fsp3) is 0.0455. The van der Waals surface area contributed by atoms with Gasteiger partial charge in [-0.1, -0.05) is 24.3 Å². The van der Waals surface area contributed by atoms with E-state index in [0.29, 0.717) is 22.5 Å². The predicted molar refractivity (Wildman–Crippen MR) is 106 cm³/mol. The minimum atomic E-state index is -0.949. The maximum absolute atomic E-state index is 13.8. The molecule has 7 heteroatoms. The maximum Gasteiger partial charge on any atom is 0.259 e. The van der Waals surface area contributed by atoms with E-state index in [1.165, 1.54) is 6.92 Å². The fourth-order valence-electron chi connectivity index (χ4n) is 3.06. The van der Waals surface area contributed by atoms with Crippen LogP contribution in [0.3, 0.4) is 0 Å². The first-order valence-electron chi connectivity index (χ1n) is 8.78. The first-order chi connectivity index (χ1) is 13.9. The minimum Gasteiger partial charge on any atom is -0.304 e. The molecule has 0 fully saturated rings. The van der Waals surface area contributed by atoms with E-state index in [1.807, 2.05) is 24.3 Å². The van der Waals surface area contributed by atoms with Gasteiger partial charge in [0.1, 0.15) is 11.6 Å². The molecule has 4 aromatic rings. The summed E-state index contributed by atoms with van der Waals surface area (Å²) in [6, 6.07) is 15.5. The van der Waals surface area contributed by atoms with Gasteiger partial charge in [0.15, 0.2) is 11.6 Å². The summed E-state index contributed by atoms with van der Waals surface area (Å²) in [5.74, 6) is -2.22. The zero-order chi connectivity index (χ0) is 20.5. The molecule has 1 heterocycles. The van der Waals surface area contributed by atoms with Crippen molar-refractivity contribution < 1.29 is 18.4 Å². The van der Waals surface area contributed by atoms with Gasteiger partial charge in [-0.05, 0) is 48.4 Å². The Bertz CT molecular complexity index is 1260. The van der Waals surface area contributed by atoms with E-state index in [0.717, 1.165) is 23.3 Å². The normalized spacial score (nSPS) is 10.9. The summed E-state index contributed by atoms with van der Waals surface area (Å²) in [7, 11) is 0. The molecule has 0 atom stereocenters. The second kappa shape index (κ2) is 7.27. The molecule has 0 aliphatic heterocycles. The lowest BCUT2D eigenvalue weighted by Gasteiger charge is -2.06. The van der Waals surface area contributed by atoms with Crippen LogP contribution in [0.4, 0.5) is 14.6 Å². The Hall–Kier alpha value is -3.87. The molecular weight excluding hydrogens is 376 g/mol. The zero-order valence-electron chi connectivity index (χ0n) is 15.3. The molecule has 0 saturated heterocycles. The summed E-state index contributed by atoms with van der Waals surface area (Å²) in [6.45, 7) is 1.51. The predicted octanol–water partition coefficient (Wildman–Crippen LogP) is 4.96. The number of aromatic amines is 1. The van der Waals surface area contributed by atoms with Crippen LogP contribution in [0, 0.1) is 11.6 Å². The van der Waals surface area contributed by atoms with Gasteiger partial charge in [-0.3, -0.25) is 14.7 Å². The first-order valence-corrected chi connectivity index (χ1v) is 8.78. The number of hydrogen-bond acceptors (Lipinski definition) is 3. The number of anilines is 1. The summed E-state index contributed by atoms with van der Waals surface area (Å²) in [5.41, 5.74) is 2.73. The Kier molecular flexibility index (Phi) is 4.64. The number of carbonyl (C=O) groups is 2. The number of nitrogens with one attached hydrogen (secondary N) is 2. The van der Waals surface area contributed by atoms with E-state index >= 15 is 0 Å². The second-order valence-electron chi connectivity index (χ2n) is 6.55. The van der Waals surface area contributed by atoms with Gasteiger partial charge in [0.25, 0.3) is 5.91 Å². The fourth-order valence-corrected chi connectivity index (χ4v) is 3.06. The van der Waals surface area contributed by atoms with Gasteiger partial charge < -0.3 is 5.32 Å². The number of ketones is 1. The number of Topliss-reactive ketones (excluding diaryl/α,β-unsaturated/α-hetero) is 1. The number of benzene rings is 3. The van der Waals surface area contributed by atoms with Gasteiger partial charge in [-0.15, -0.1) is 0 Å². The average molecular weight is 391 g/mol. The third-order valence-corrected chi connectivity index (χ3v) is 4.57. The Balaban J connectivity index is 1.64. The molecule has 0 radical (unpaired) electrons. The van der Waals surface area contributed by atoms with Gasteiger partial charge in [0.2, 0.25) is 0 Å². The largest absolute Gasteiger partial charge is 0.304 e. The van der Waals surface area contributed by atoms with Gasteiger partial charge in [-0.25, -0.2) is 8.78 Å². The molecule has 29 heavy (non-hydrogen) atoms. The van der Waals surface area contributed by atoms with Crippen LogP contribution >= 0.6 is 0 Å². The van der Waals surface area contributed by atoms with Gasteiger partial charge in [0.05, 0.1) is 11.1 Å². The van der Waals surface area contributed by atoms with Crippen molar-refractivity contribution in [3.05, 3.63) is 83.4 Å². The first kappa shape index (κ1) is 18.5. The Morgan fingerprint density at radius 2 is 1.76 bits per heavy atom. The highest BCUT2D eigenvalue weighted by Gasteiger charge is 2.16.